The number of aliphatic hydroxyl groups excluding tert-OH is 1. The van der Waals surface area contributed by atoms with Gasteiger partial charge in [-0.2, -0.15) is 0 Å². The molecular formula is C30H34N2O10. The van der Waals surface area contributed by atoms with Crippen LogP contribution < -0.4 is 19.9 Å². The molecule has 0 radical (unpaired) electrons. The zero-order chi connectivity index (χ0) is 30.8. The number of primary amides is 1. The molecule has 5 N–H and O–H groups in total. The minimum absolute atomic E-state index is 0.00732. The molecule has 42 heavy (non-hydrogen) atoms. The standard InChI is InChI=1S/C30H34N2O10/c1-32(2)22-16-11-12-10-15-13(14-7-9-18(40-3)26(42-5)25(14)41-4)6-8-17(33)20(15)23(34)19(12)27(36)30(16,39)28(37)21(24(22)35)29(31)38/h6-9,12,16,19,21-22,24,33,35,39H,10-11H2,1-5H3,(H2,31,38)/t12-,16-,19?,21?,22?,24?,30-/m1/s1. The van der Waals surface area contributed by atoms with Crippen LogP contribution in [0.2, 0.25) is 0 Å². The molecule has 224 valence electrons. The summed E-state index contributed by atoms with van der Waals surface area (Å²) < 4.78 is 16.6. The number of aromatic hydroxyl groups is 1. The van der Waals surface area contributed by atoms with Crippen LogP contribution in [0.25, 0.3) is 11.1 Å². The molecule has 0 spiro atoms. The van der Waals surface area contributed by atoms with Crippen molar-refractivity contribution >= 4 is 23.3 Å². The second-order valence-electron chi connectivity index (χ2n) is 11.3. The molecule has 12 nitrogen and oxygen atoms in total. The number of rotatable bonds is 6. The van der Waals surface area contributed by atoms with Crippen molar-refractivity contribution in [2.75, 3.05) is 35.4 Å². The molecule has 3 aliphatic rings. The number of nitrogens with zero attached hydrogens (tertiary/aromatic N) is 1. The van der Waals surface area contributed by atoms with E-state index >= 15 is 0 Å². The highest BCUT2D eigenvalue weighted by Gasteiger charge is 2.69. The van der Waals surface area contributed by atoms with E-state index in [-0.39, 0.29) is 24.2 Å². The number of aliphatic hydroxyl groups is 2. The Bertz CT molecular complexity index is 1500. The third-order valence-electron chi connectivity index (χ3n) is 9.17. The van der Waals surface area contributed by atoms with E-state index in [0.717, 1.165) is 0 Å². The smallest absolute Gasteiger partial charge is 0.230 e. The van der Waals surface area contributed by atoms with Gasteiger partial charge in [-0.1, -0.05) is 6.07 Å². The predicted molar refractivity (Wildman–Crippen MR) is 147 cm³/mol. The summed E-state index contributed by atoms with van der Waals surface area (Å²) in [6, 6.07) is 5.40. The van der Waals surface area contributed by atoms with Crippen LogP contribution >= 0.6 is 0 Å². The number of ether oxygens (including phenoxy) is 3. The first kappa shape index (κ1) is 29.5. The molecule has 4 unspecified atom stereocenters. The fourth-order valence-corrected chi connectivity index (χ4v) is 7.39. The number of amides is 1. The Labute approximate surface area is 242 Å². The summed E-state index contributed by atoms with van der Waals surface area (Å²) in [7, 11) is 7.60. The van der Waals surface area contributed by atoms with Crippen molar-refractivity contribution in [3.8, 4) is 34.1 Å². The molecule has 2 aromatic rings. The van der Waals surface area contributed by atoms with Gasteiger partial charge in [0.25, 0.3) is 0 Å². The summed E-state index contributed by atoms with van der Waals surface area (Å²) in [6.45, 7) is 0. The van der Waals surface area contributed by atoms with Crippen LogP contribution in [0.15, 0.2) is 24.3 Å². The normalized spacial score (nSPS) is 30.3. The maximum Gasteiger partial charge on any atom is 0.230 e. The van der Waals surface area contributed by atoms with E-state index in [1.165, 1.54) is 27.4 Å². The van der Waals surface area contributed by atoms with Crippen molar-refractivity contribution in [3.63, 3.8) is 0 Å². The molecule has 0 aliphatic heterocycles. The van der Waals surface area contributed by atoms with E-state index in [2.05, 4.69) is 0 Å². The van der Waals surface area contributed by atoms with E-state index in [1.807, 2.05) is 0 Å². The third-order valence-corrected chi connectivity index (χ3v) is 9.17. The molecule has 0 bridgehead atoms. The van der Waals surface area contributed by atoms with E-state index in [9.17, 15) is 34.5 Å². The van der Waals surface area contributed by atoms with Crippen LogP contribution in [-0.2, 0) is 20.8 Å². The molecule has 0 saturated heterocycles. The molecule has 12 heteroatoms. The van der Waals surface area contributed by atoms with Gasteiger partial charge in [-0.25, -0.2) is 0 Å². The van der Waals surface area contributed by atoms with Crippen molar-refractivity contribution in [3.05, 3.63) is 35.4 Å². The van der Waals surface area contributed by atoms with Crippen LogP contribution in [0, 0.1) is 23.7 Å². The average molecular weight is 583 g/mol. The van der Waals surface area contributed by atoms with Crippen molar-refractivity contribution in [1.82, 2.24) is 4.90 Å². The van der Waals surface area contributed by atoms with Gasteiger partial charge in [0, 0.05) is 17.5 Å². The number of likely N-dealkylation sites (N-methyl/N-ethyl adjacent to an activating group) is 1. The van der Waals surface area contributed by atoms with Crippen LogP contribution in [-0.4, -0.2) is 96.6 Å². The van der Waals surface area contributed by atoms with Gasteiger partial charge in [0.05, 0.1) is 38.9 Å². The molecule has 1 amide bonds. The van der Waals surface area contributed by atoms with Gasteiger partial charge in [-0.3, -0.25) is 19.2 Å². The Morgan fingerprint density at radius 2 is 1.62 bits per heavy atom. The zero-order valence-corrected chi connectivity index (χ0v) is 23.9. The molecule has 3 aliphatic carbocycles. The number of carbonyl (C=O) groups is 4. The second-order valence-corrected chi connectivity index (χ2v) is 11.3. The first-order valence-corrected chi connectivity index (χ1v) is 13.5. The molecule has 2 fully saturated rings. The summed E-state index contributed by atoms with van der Waals surface area (Å²) in [5.74, 6) is -8.54. The van der Waals surface area contributed by atoms with Crippen LogP contribution in [0.1, 0.15) is 22.3 Å². The number of ketones is 3. The minimum atomic E-state index is -2.72. The molecular weight excluding hydrogens is 548 g/mol. The molecule has 2 saturated carbocycles. The molecule has 5 rings (SSSR count). The number of phenols is 1. The fraction of sp³-hybridized carbons (Fsp3) is 0.467. The van der Waals surface area contributed by atoms with Crippen LogP contribution in [0.3, 0.4) is 0 Å². The van der Waals surface area contributed by atoms with Crippen molar-refractivity contribution in [2.24, 2.45) is 29.4 Å². The van der Waals surface area contributed by atoms with Gasteiger partial charge in [0.2, 0.25) is 11.7 Å². The van der Waals surface area contributed by atoms with Gasteiger partial charge < -0.3 is 40.2 Å². The van der Waals surface area contributed by atoms with E-state index in [0.29, 0.717) is 33.9 Å². The predicted octanol–water partition coefficient (Wildman–Crippen LogP) is 0.352. The number of nitrogens with two attached hydrogens (primary N) is 1. The van der Waals surface area contributed by atoms with Crippen molar-refractivity contribution in [1.29, 1.82) is 0 Å². The minimum Gasteiger partial charge on any atom is -0.507 e. The largest absolute Gasteiger partial charge is 0.507 e. The number of hydrogen-bond acceptors (Lipinski definition) is 11. The number of fused-ring (bicyclic) bond motifs is 3. The Hall–Kier alpha value is -4.00. The van der Waals surface area contributed by atoms with E-state index in [1.54, 1.807) is 37.2 Å². The SMILES string of the molecule is COc1ccc(-c2ccc(O)c3c2C[C@@H]2C[C@@H]4C(N(C)C)C(O)C(C(N)=O)C(=O)[C@]4(O)C(=O)C2C3=O)c(OC)c1OC. The highest BCUT2D eigenvalue weighted by molar-refractivity contribution is 6.25. The summed E-state index contributed by atoms with van der Waals surface area (Å²) >= 11 is 0. The highest BCUT2D eigenvalue weighted by atomic mass is 16.5. The lowest BCUT2D eigenvalue weighted by Crippen LogP contribution is -2.75. The summed E-state index contributed by atoms with van der Waals surface area (Å²) in [5, 5.41) is 33.7. The number of phenolic OH excluding ortho intramolecular Hbond substituents is 1. The van der Waals surface area contributed by atoms with Gasteiger partial charge in [0.15, 0.2) is 34.4 Å². The first-order chi connectivity index (χ1) is 19.8. The quantitative estimate of drug-likeness (QED) is 0.345. The first-order valence-electron chi connectivity index (χ1n) is 13.5. The molecule has 7 atom stereocenters. The average Bonchev–Trinajstić information content (AvgIpc) is 2.93. The maximum absolute atomic E-state index is 14.0. The summed E-state index contributed by atoms with van der Waals surface area (Å²) in [5.41, 5.74) is 4.18. The zero-order valence-electron chi connectivity index (χ0n) is 23.9. The van der Waals surface area contributed by atoms with Gasteiger partial charge in [0.1, 0.15) is 11.7 Å². The Kier molecular flexibility index (Phi) is 7.28. The number of methoxy groups -OCH3 is 3. The van der Waals surface area contributed by atoms with Crippen molar-refractivity contribution in [2.45, 2.75) is 30.6 Å². The summed E-state index contributed by atoms with van der Waals surface area (Å²) in [4.78, 5) is 55.3. The van der Waals surface area contributed by atoms with Crippen molar-refractivity contribution < 1.29 is 48.7 Å². The topological polar surface area (TPSA) is 186 Å². The Balaban J connectivity index is 1.68. The third kappa shape index (κ3) is 3.92. The van der Waals surface area contributed by atoms with E-state index < -0.39 is 64.7 Å². The lowest BCUT2D eigenvalue weighted by Gasteiger charge is -2.54. The number of carbonyl (C=O) groups excluding carboxylic acids is 4. The number of benzene rings is 2. The van der Waals surface area contributed by atoms with Gasteiger partial charge in [-0.05, 0) is 62.2 Å². The molecule has 0 heterocycles. The van der Waals surface area contributed by atoms with Crippen LogP contribution in [0.5, 0.6) is 23.0 Å². The van der Waals surface area contributed by atoms with Crippen LogP contribution in [0.4, 0.5) is 0 Å². The van der Waals surface area contributed by atoms with Gasteiger partial charge >= 0.3 is 0 Å². The molecule has 2 aromatic carbocycles. The number of Topliss-reactive ketones (excluding diaryl/α,β-unsaturated/α-hetero) is 3. The summed E-state index contributed by atoms with van der Waals surface area (Å²) in [6.07, 6.45) is -1.43. The lowest BCUT2D eigenvalue weighted by atomic mass is 9.52. The van der Waals surface area contributed by atoms with E-state index in [4.69, 9.17) is 19.9 Å². The monoisotopic (exact) mass is 582 g/mol. The highest BCUT2D eigenvalue weighted by Crippen LogP contribution is 2.53. The fourth-order valence-electron chi connectivity index (χ4n) is 7.39. The number of hydrogen-bond donors (Lipinski definition) is 4. The van der Waals surface area contributed by atoms with Gasteiger partial charge in [-0.15, -0.1) is 0 Å². The second kappa shape index (κ2) is 10.4. The lowest BCUT2D eigenvalue weighted by molar-refractivity contribution is -0.190. The maximum atomic E-state index is 14.0. The Morgan fingerprint density at radius 3 is 2.19 bits per heavy atom. The Morgan fingerprint density at radius 1 is 0.976 bits per heavy atom. The molecule has 0 aromatic heterocycles.